The lowest BCUT2D eigenvalue weighted by atomic mass is 9.91. The molecule has 1 N–H and O–H groups in total. The Morgan fingerprint density at radius 3 is 3.12 bits per heavy atom. The molecule has 0 saturated carbocycles. The highest BCUT2D eigenvalue weighted by Crippen LogP contribution is 2.34. The Morgan fingerprint density at radius 1 is 1.50 bits per heavy atom. The number of carbonyl (C=O) groups is 1. The lowest BCUT2D eigenvalue weighted by molar-refractivity contribution is -0.121. The Hall–Kier alpha value is -2.21. The third-order valence-electron chi connectivity index (χ3n) is 4.99. The smallest absolute Gasteiger partial charge is 0.221 e. The van der Waals surface area contributed by atoms with E-state index in [0.717, 1.165) is 36.3 Å². The third-order valence-corrected chi connectivity index (χ3v) is 4.99. The van der Waals surface area contributed by atoms with Gasteiger partial charge in [0.05, 0.1) is 6.61 Å². The fourth-order valence-electron chi connectivity index (χ4n) is 3.72. The Kier molecular flexibility index (Phi) is 6.04. The maximum absolute atomic E-state index is 13.8. The summed E-state index contributed by atoms with van der Waals surface area (Å²) in [7, 11) is 1.60. The van der Waals surface area contributed by atoms with Gasteiger partial charge < -0.3 is 14.6 Å². The van der Waals surface area contributed by atoms with Crippen molar-refractivity contribution in [3.8, 4) is 0 Å². The van der Waals surface area contributed by atoms with Crippen molar-refractivity contribution in [3.05, 3.63) is 53.4 Å². The summed E-state index contributed by atoms with van der Waals surface area (Å²) in [6.07, 6.45) is 5.27. The molecule has 1 aromatic heterocycles. The summed E-state index contributed by atoms with van der Waals surface area (Å²) in [5.41, 5.74) is 1.78. The zero-order valence-electron chi connectivity index (χ0n) is 15.4. The Labute approximate surface area is 153 Å². The topological polar surface area (TPSA) is 56.1 Å². The molecule has 0 saturated heterocycles. The Bertz CT molecular complexity index is 759. The van der Waals surface area contributed by atoms with Gasteiger partial charge in [0.2, 0.25) is 5.91 Å². The summed E-state index contributed by atoms with van der Waals surface area (Å²) in [4.78, 5) is 17.0. The van der Waals surface area contributed by atoms with Crippen molar-refractivity contribution in [2.75, 3.05) is 20.3 Å². The summed E-state index contributed by atoms with van der Waals surface area (Å²) in [6.45, 7) is 3.11. The minimum atomic E-state index is -0.293. The molecule has 1 aromatic carbocycles. The van der Waals surface area contributed by atoms with Crippen LogP contribution in [0.3, 0.4) is 0 Å². The van der Waals surface area contributed by atoms with Crippen LogP contribution in [-0.4, -0.2) is 35.7 Å². The highest BCUT2D eigenvalue weighted by molar-refractivity contribution is 5.77. The van der Waals surface area contributed by atoms with Crippen LogP contribution >= 0.6 is 0 Å². The molecule has 5 nitrogen and oxygen atoms in total. The Balaban J connectivity index is 1.91. The number of imidazole rings is 1. The van der Waals surface area contributed by atoms with Crippen molar-refractivity contribution in [2.24, 2.45) is 0 Å². The summed E-state index contributed by atoms with van der Waals surface area (Å²) in [6, 6.07) is 6.85. The molecule has 3 rings (SSSR count). The average molecular weight is 359 g/mol. The SMILES string of the molecule is COCCNC(=O)C[C@H](c1cccc(F)c1)c1cnc2n1[C@@H](C)CCC2. The maximum atomic E-state index is 13.8. The molecule has 26 heavy (non-hydrogen) atoms. The standard InChI is InChI=1S/C20H26FN3O2/c1-14-5-3-8-19-23-13-18(24(14)19)17(12-20(25)22-9-10-26-2)15-6-4-7-16(21)11-15/h4,6-7,11,13-14,17H,3,5,8-10,12H2,1-2H3,(H,22,25)/t14-,17+/m0/s1. The molecule has 1 aliphatic rings. The van der Waals surface area contributed by atoms with Crippen LogP contribution in [0, 0.1) is 5.82 Å². The van der Waals surface area contributed by atoms with Crippen molar-refractivity contribution in [1.29, 1.82) is 0 Å². The van der Waals surface area contributed by atoms with Gasteiger partial charge in [0.15, 0.2) is 0 Å². The second-order valence-electron chi connectivity index (χ2n) is 6.87. The molecule has 1 aliphatic heterocycles. The lowest BCUT2D eigenvalue weighted by Crippen LogP contribution is -2.29. The number of benzene rings is 1. The molecule has 1 amide bonds. The largest absolute Gasteiger partial charge is 0.383 e. The lowest BCUT2D eigenvalue weighted by Gasteiger charge is -2.27. The zero-order chi connectivity index (χ0) is 18.5. The van der Waals surface area contributed by atoms with Crippen LogP contribution < -0.4 is 5.32 Å². The molecule has 2 atom stereocenters. The van der Waals surface area contributed by atoms with Gasteiger partial charge >= 0.3 is 0 Å². The first-order chi connectivity index (χ1) is 12.6. The molecule has 0 radical (unpaired) electrons. The van der Waals surface area contributed by atoms with E-state index in [0.29, 0.717) is 19.2 Å². The molecule has 2 heterocycles. The molecule has 0 bridgehead atoms. The van der Waals surface area contributed by atoms with Gasteiger partial charge in [0.1, 0.15) is 11.6 Å². The number of hydrogen-bond donors (Lipinski definition) is 1. The van der Waals surface area contributed by atoms with Crippen molar-refractivity contribution in [1.82, 2.24) is 14.9 Å². The first-order valence-corrected chi connectivity index (χ1v) is 9.17. The number of ether oxygens (including phenoxy) is 1. The van der Waals surface area contributed by atoms with E-state index < -0.39 is 0 Å². The van der Waals surface area contributed by atoms with Crippen LogP contribution in [0.2, 0.25) is 0 Å². The van der Waals surface area contributed by atoms with Crippen molar-refractivity contribution in [3.63, 3.8) is 0 Å². The van der Waals surface area contributed by atoms with Crippen LogP contribution in [-0.2, 0) is 16.0 Å². The second-order valence-corrected chi connectivity index (χ2v) is 6.87. The van der Waals surface area contributed by atoms with Crippen LogP contribution in [0.1, 0.15) is 55.2 Å². The number of fused-ring (bicyclic) bond motifs is 1. The minimum Gasteiger partial charge on any atom is -0.383 e. The number of halogens is 1. The number of nitrogens with one attached hydrogen (secondary N) is 1. The summed E-state index contributed by atoms with van der Waals surface area (Å²) < 4.78 is 21.0. The number of carbonyl (C=O) groups excluding carboxylic acids is 1. The van der Waals surface area contributed by atoms with E-state index in [-0.39, 0.29) is 24.1 Å². The molecule has 140 valence electrons. The van der Waals surface area contributed by atoms with E-state index in [1.54, 1.807) is 13.2 Å². The highest BCUT2D eigenvalue weighted by Gasteiger charge is 2.27. The summed E-state index contributed by atoms with van der Waals surface area (Å²) in [5.74, 6) is 0.462. The summed E-state index contributed by atoms with van der Waals surface area (Å²) in [5, 5.41) is 2.86. The number of nitrogens with zero attached hydrogens (tertiary/aromatic N) is 2. The van der Waals surface area contributed by atoms with E-state index in [1.165, 1.54) is 12.1 Å². The molecule has 0 spiro atoms. The molecule has 0 unspecified atom stereocenters. The first-order valence-electron chi connectivity index (χ1n) is 9.17. The van der Waals surface area contributed by atoms with Gasteiger partial charge in [-0.05, 0) is 37.5 Å². The van der Waals surface area contributed by atoms with Crippen molar-refractivity contribution >= 4 is 5.91 Å². The van der Waals surface area contributed by atoms with Crippen LogP contribution in [0.5, 0.6) is 0 Å². The average Bonchev–Trinajstić information content (AvgIpc) is 3.05. The molecule has 2 aromatic rings. The predicted octanol–water partition coefficient (Wildman–Crippen LogP) is 3.20. The van der Waals surface area contributed by atoms with E-state index in [9.17, 15) is 9.18 Å². The van der Waals surface area contributed by atoms with Crippen LogP contribution in [0.4, 0.5) is 4.39 Å². The first kappa shape index (κ1) is 18.6. The normalized spacial score (nSPS) is 17.6. The quantitative estimate of drug-likeness (QED) is 0.773. The van der Waals surface area contributed by atoms with E-state index in [1.807, 2.05) is 12.3 Å². The predicted molar refractivity (Wildman–Crippen MR) is 97.6 cm³/mol. The molecule has 6 heteroatoms. The minimum absolute atomic E-state index is 0.0738. The second kappa shape index (κ2) is 8.45. The van der Waals surface area contributed by atoms with E-state index in [2.05, 4.69) is 21.8 Å². The number of rotatable bonds is 7. The van der Waals surface area contributed by atoms with Crippen molar-refractivity contribution < 1.29 is 13.9 Å². The number of methoxy groups -OCH3 is 1. The van der Waals surface area contributed by atoms with Gasteiger partial charge in [-0.3, -0.25) is 4.79 Å². The van der Waals surface area contributed by atoms with Gasteiger partial charge in [-0.15, -0.1) is 0 Å². The van der Waals surface area contributed by atoms with Gasteiger partial charge in [0, 0.05) is 50.3 Å². The van der Waals surface area contributed by atoms with Crippen molar-refractivity contribution in [2.45, 2.75) is 44.6 Å². The molecule has 0 aliphatic carbocycles. The molecular formula is C20H26FN3O2. The van der Waals surface area contributed by atoms with E-state index >= 15 is 0 Å². The van der Waals surface area contributed by atoms with Gasteiger partial charge in [-0.25, -0.2) is 9.37 Å². The van der Waals surface area contributed by atoms with Gasteiger partial charge in [0.25, 0.3) is 0 Å². The number of aryl methyl sites for hydroxylation is 1. The van der Waals surface area contributed by atoms with Gasteiger partial charge in [-0.2, -0.15) is 0 Å². The Morgan fingerprint density at radius 2 is 2.35 bits per heavy atom. The monoisotopic (exact) mass is 359 g/mol. The fraction of sp³-hybridized carbons (Fsp3) is 0.500. The number of amides is 1. The maximum Gasteiger partial charge on any atom is 0.221 e. The van der Waals surface area contributed by atoms with Crippen LogP contribution in [0.15, 0.2) is 30.5 Å². The zero-order valence-corrected chi connectivity index (χ0v) is 15.4. The summed E-state index contributed by atoms with van der Waals surface area (Å²) >= 11 is 0. The third kappa shape index (κ3) is 4.12. The number of aromatic nitrogens is 2. The highest BCUT2D eigenvalue weighted by atomic mass is 19.1. The fourth-order valence-corrected chi connectivity index (χ4v) is 3.72. The van der Waals surface area contributed by atoms with Crippen LogP contribution in [0.25, 0.3) is 0 Å². The van der Waals surface area contributed by atoms with E-state index in [4.69, 9.17) is 4.74 Å². The number of hydrogen-bond acceptors (Lipinski definition) is 3. The molecular weight excluding hydrogens is 333 g/mol. The van der Waals surface area contributed by atoms with Gasteiger partial charge in [-0.1, -0.05) is 12.1 Å². The molecule has 0 fully saturated rings.